The van der Waals surface area contributed by atoms with Crippen molar-refractivity contribution in [2.45, 2.75) is 50.7 Å². The topological polar surface area (TPSA) is 57.6 Å². The molecule has 2 unspecified atom stereocenters. The zero-order valence-electron chi connectivity index (χ0n) is 25.1. The van der Waals surface area contributed by atoms with Crippen molar-refractivity contribution in [2.75, 3.05) is 39.9 Å². The van der Waals surface area contributed by atoms with Gasteiger partial charge >= 0.3 is 6.03 Å². The van der Waals surface area contributed by atoms with Crippen molar-refractivity contribution >= 4 is 47.5 Å². The molecular weight excluding hydrogens is 619 g/mol. The molecule has 0 spiro atoms. The van der Waals surface area contributed by atoms with Crippen LogP contribution in [0.25, 0.3) is 0 Å². The monoisotopic (exact) mass is 656 g/mol. The minimum atomic E-state index is -0.395. The number of methoxy groups -OCH3 is 1. The number of halogens is 3. The summed E-state index contributed by atoms with van der Waals surface area (Å²) < 4.78 is 11.6. The Bertz CT molecular complexity index is 1450. The molecular formula is C34H39Cl3N4O3. The Morgan fingerprint density at radius 3 is 2.09 bits per heavy atom. The number of aliphatic imine (C=N–C) groups is 1. The molecule has 3 heterocycles. The number of likely N-dealkylation sites (tertiary alicyclic amines) is 2. The number of carbonyl (C=O) groups is 1. The van der Waals surface area contributed by atoms with Gasteiger partial charge in [0.2, 0.25) is 0 Å². The van der Waals surface area contributed by atoms with Gasteiger partial charge in [-0.25, -0.2) is 4.79 Å². The molecule has 0 bridgehead atoms. The van der Waals surface area contributed by atoms with Crippen molar-refractivity contribution in [1.82, 2.24) is 14.7 Å². The van der Waals surface area contributed by atoms with Gasteiger partial charge in [-0.05, 0) is 93.2 Å². The van der Waals surface area contributed by atoms with Gasteiger partial charge in [0.1, 0.15) is 23.4 Å². The Labute approximate surface area is 276 Å². The molecule has 3 aromatic rings. The Morgan fingerprint density at radius 2 is 1.50 bits per heavy atom. The molecule has 10 heteroatoms. The summed E-state index contributed by atoms with van der Waals surface area (Å²) in [5.74, 6) is 1.88. The molecule has 0 saturated carbocycles. The normalized spacial score (nSPS) is 20.8. The standard InChI is InChI=1S/C34H38Cl2N4O3.ClH/c1-3-43-30-22-28(42-2)14-15-29(30)33-37-31(23-6-10-25(35)11-7-23)32(24-8-12-26(36)13-9-24)40(33)34(41)39-20-16-27(17-21-39)38-18-4-5-19-38;/h6-15,22,27,31-32H,3-5,16-21H2,1-2H3;1H. The van der Waals surface area contributed by atoms with E-state index < -0.39 is 6.04 Å². The molecule has 44 heavy (non-hydrogen) atoms. The highest BCUT2D eigenvalue weighted by molar-refractivity contribution is 6.30. The molecule has 0 N–H and O–H groups in total. The molecule has 0 aliphatic carbocycles. The Kier molecular flexibility index (Phi) is 10.6. The molecule has 0 aromatic heterocycles. The third-order valence-electron chi connectivity index (χ3n) is 8.82. The second-order valence-electron chi connectivity index (χ2n) is 11.4. The number of urea groups is 1. The van der Waals surface area contributed by atoms with Crippen LogP contribution >= 0.6 is 35.6 Å². The fourth-order valence-corrected chi connectivity index (χ4v) is 6.88. The number of amidine groups is 1. The summed E-state index contributed by atoms with van der Waals surface area (Å²) in [5.41, 5.74) is 2.67. The summed E-state index contributed by atoms with van der Waals surface area (Å²) in [4.78, 5) is 26.5. The molecule has 2 amide bonds. The second kappa shape index (κ2) is 14.4. The van der Waals surface area contributed by atoms with E-state index in [1.54, 1.807) is 7.11 Å². The van der Waals surface area contributed by atoms with Gasteiger partial charge in [-0.15, -0.1) is 12.4 Å². The van der Waals surface area contributed by atoms with E-state index >= 15 is 0 Å². The SMILES string of the molecule is CCOc1cc(OC)ccc1C1=NC(c2ccc(Cl)cc2)C(c2ccc(Cl)cc2)N1C(=O)N1CCC(N2CCCC2)CC1.Cl. The van der Waals surface area contributed by atoms with Crippen molar-refractivity contribution in [3.63, 3.8) is 0 Å². The van der Waals surface area contributed by atoms with E-state index in [1.165, 1.54) is 25.9 Å². The highest BCUT2D eigenvalue weighted by Crippen LogP contribution is 2.46. The first-order valence-corrected chi connectivity index (χ1v) is 15.9. The molecule has 2 fully saturated rings. The highest BCUT2D eigenvalue weighted by Gasteiger charge is 2.45. The van der Waals surface area contributed by atoms with Gasteiger partial charge in [0.15, 0.2) is 0 Å². The molecule has 0 radical (unpaired) electrons. The molecule has 7 nitrogen and oxygen atoms in total. The van der Waals surface area contributed by atoms with E-state index in [1.807, 2.05) is 83.5 Å². The molecule has 2 atom stereocenters. The number of carbonyl (C=O) groups excluding carboxylic acids is 1. The fourth-order valence-electron chi connectivity index (χ4n) is 6.63. The van der Waals surface area contributed by atoms with Crippen LogP contribution < -0.4 is 9.47 Å². The lowest BCUT2D eigenvalue weighted by Gasteiger charge is -2.40. The van der Waals surface area contributed by atoms with Crippen LogP contribution in [0.4, 0.5) is 4.79 Å². The summed E-state index contributed by atoms with van der Waals surface area (Å²) in [5, 5.41) is 1.29. The summed E-state index contributed by atoms with van der Waals surface area (Å²) in [7, 11) is 1.63. The number of ether oxygens (including phenoxy) is 2. The molecule has 3 aliphatic rings. The van der Waals surface area contributed by atoms with E-state index in [0.29, 0.717) is 53.1 Å². The van der Waals surface area contributed by atoms with Crippen LogP contribution in [0.1, 0.15) is 61.4 Å². The zero-order chi connectivity index (χ0) is 29.9. The van der Waals surface area contributed by atoms with Gasteiger partial charge in [0, 0.05) is 35.2 Å². The minimum Gasteiger partial charge on any atom is -0.497 e. The third kappa shape index (κ3) is 6.66. The first-order valence-electron chi connectivity index (χ1n) is 15.2. The van der Waals surface area contributed by atoms with Crippen molar-refractivity contribution in [1.29, 1.82) is 0 Å². The molecule has 234 valence electrons. The Morgan fingerprint density at radius 1 is 0.886 bits per heavy atom. The van der Waals surface area contributed by atoms with Crippen LogP contribution in [-0.4, -0.2) is 72.5 Å². The first kappa shape index (κ1) is 32.4. The first-order chi connectivity index (χ1) is 21.0. The van der Waals surface area contributed by atoms with Crippen LogP contribution in [0.15, 0.2) is 71.7 Å². The summed E-state index contributed by atoms with van der Waals surface area (Å²) >= 11 is 12.6. The van der Waals surface area contributed by atoms with Gasteiger partial charge in [-0.2, -0.15) is 0 Å². The number of nitrogens with zero attached hydrogens (tertiary/aromatic N) is 4. The van der Waals surface area contributed by atoms with Crippen LogP contribution in [0.2, 0.25) is 10.0 Å². The fraction of sp³-hybridized carbons (Fsp3) is 0.412. The van der Waals surface area contributed by atoms with E-state index in [0.717, 1.165) is 29.5 Å². The lowest BCUT2D eigenvalue weighted by atomic mass is 9.93. The molecule has 2 saturated heterocycles. The Hall–Kier alpha value is -2.97. The number of rotatable bonds is 7. The molecule has 3 aromatic carbocycles. The quantitative estimate of drug-likeness (QED) is 0.258. The van der Waals surface area contributed by atoms with E-state index in [2.05, 4.69) is 4.90 Å². The van der Waals surface area contributed by atoms with Crippen LogP contribution in [0, 0.1) is 0 Å². The lowest BCUT2D eigenvalue weighted by Crippen LogP contribution is -2.52. The smallest absolute Gasteiger partial charge is 0.326 e. The maximum Gasteiger partial charge on any atom is 0.326 e. The number of benzene rings is 3. The second-order valence-corrected chi connectivity index (χ2v) is 12.2. The average Bonchev–Trinajstić information content (AvgIpc) is 3.71. The predicted molar refractivity (Wildman–Crippen MR) is 179 cm³/mol. The molecule has 3 aliphatic heterocycles. The van der Waals surface area contributed by atoms with Crippen molar-refractivity contribution in [3.8, 4) is 11.5 Å². The van der Waals surface area contributed by atoms with E-state index in [4.69, 9.17) is 37.7 Å². The van der Waals surface area contributed by atoms with Crippen LogP contribution in [-0.2, 0) is 0 Å². The van der Waals surface area contributed by atoms with Gasteiger partial charge < -0.3 is 19.3 Å². The summed E-state index contributed by atoms with van der Waals surface area (Å²) in [6, 6.07) is 20.9. The Balaban J connectivity index is 0.00000384. The predicted octanol–water partition coefficient (Wildman–Crippen LogP) is 8.05. The lowest BCUT2D eigenvalue weighted by molar-refractivity contribution is 0.117. The average molecular weight is 658 g/mol. The van der Waals surface area contributed by atoms with Crippen LogP contribution in [0.5, 0.6) is 11.5 Å². The van der Waals surface area contributed by atoms with Crippen molar-refractivity contribution in [3.05, 3.63) is 93.5 Å². The maximum atomic E-state index is 14.7. The number of amides is 2. The zero-order valence-corrected chi connectivity index (χ0v) is 27.5. The van der Waals surface area contributed by atoms with Gasteiger partial charge in [0.25, 0.3) is 0 Å². The van der Waals surface area contributed by atoms with Gasteiger partial charge in [-0.1, -0.05) is 47.5 Å². The molecule has 6 rings (SSSR count). The third-order valence-corrected chi connectivity index (χ3v) is 9.32. The van der Waals surface area contributed by atoms with Crippen LogP contribution in [0.3, 0.4) is 0 Å². The van der Waals surface area contributed by atoms with Crippen molar-refractivity contribution in [2.24, 2.45) is 4.99 Å². The minimum absolute atomic E-state index is 0. The largest absolute Gasteiger partial charge is 0.497 e. The summed E-state index contributed by atoms with van der Waals surface area (Å²) in [6.07, 6.45) is 4.49. The number of piperidine rings is 1. The number of hydrogen-bond acceptors (Lipinski definition) is 5. The highest BCUT2D eigenvalue weighted by atomic mass is 35.5. The van der Waals surface area contributed by atoms with E-state index in [-0.39, 0.29) is 24.5 Å². The van der Waals surface area contributed by atoms with Gasteiger partial charge in [-0.3, -0.25) is 9.89 Å². The van der Waals surface area contributed by atoms with Gasteiger partial charge in [0.05, 0.1) is 25.3 Å². The number of hydrogen-bond donors (Lipinski definition) is 0. The van der Waals surface area contributed by atoms with Crippen molar-refractivity contribution < 1.29 is 14.3 Å². The van der Waals surface area contributed by atoms with E-state index in [9.17, 15) is 4.79 Å². The maximum absolute atomic E-state index is 14.7. The summed E-state index contributed by atoms with van der Waals surface area (Å²) in [6.45, 7) is 6.17.